The van der Waals surface area contributed by atoms with Crippen LogP contribution in [0, 0.1) is 11.6 Å². The zero-order valence-electron chi connectivity index (χ0n) is 15.3. The van der Waals surface area contributed by atoms with Crippen molar-refractivity contribution >= 4 is 11.6 Å². The summed E-state index contributed by atoms with van der Waals surface area (Å²) in [6.45, 7) is 3.27. The molecule has 144 valence electrons. The van der Waals surface area contributed by atoms with Crippen LogP contribution in [0.1, 0.15) is 31.7 Å². The molecule has 0 saturated heterocycles. The lowest BCUT2D eigenvalue weighted by Crippen LogP contribution is -2.36. The van der Waals surface area contributed by atoms with Crippen LogP contribution >= 0.6 is 0 Å². The van der Waals surface area contributed by atoms with Gasteiger partial charge in [-0.1, -0.05) is 12.1 Å². The number of nitrogens with zero attached hydrogens (tertiary/aromatic N) is 1. The number of para-hydroxylation sites is 2. The fraction of sp³-hybridized carbons (Fsp3) is 0.381. The van der Waals surface area contributed by atoms with Gasteiger partial charge in [-0.25, -0.2) is 8.78 Å². The molecular weight excluding hydrogens is 352 g/mol. The normalized spacial score (nSPS) is 13.2. The Labute approximate surface area is 157 Å². The van der Waals surface area contributed by atoms with Crippen molar-refractivity contribution in [1.82, 2.24) is 0 Å². The Bertz CT molecular complexity index is 810. The summed E-state index contributed by atoms with van der Waals surface area (Å²) < 4.78 is 38.8. The Hall–Kier alpha value is -2.63. The molecule has 1 aliphatic rings. The first-order valence-corrected chi connectivity index (χ1v) is 9.23. The minimum absolute atomic E-state index is 0.150. The molecule has 1 aliphatic heterocycles. The van der Waals surface area contributed by atoms with Crippen molar-refractivity contribution in [2.45, 2.75) is 32.6 Å². The zero-order valence-corrected chi connectivity index (χ0v) is 15.3. The fourth-order valence-electron chi connectivity index (χ4n) is 3.26. The van der Waals surface area contributed by atoms with Crippen LogP contribution < -0.4 is 14.4 Å². The smallest absolute Gasteiger partial charge is 0.227 e. The summed E-state index contributed by atoms with van der Waals surface area (Å²) >= 11 is 0. The molecule has 4 nitrogen and oxygen atoms in total. The minimum atomic E-state index is -0.665. The van der Waals surface area contributed by atoms with Crippen molar-refractivity contribution in [3.63, 3.8) is 0 Å². The van der Waals surface area contributed by atoms with E-state index in [1.165, 1.54) is 11.0 Å². The molecule has 0 saturated carbocycles. The molecule has 1 amide bonds. The molecule has 1 heterocycles. The highest BCUT2D eigenvalue weighted by molar-refractivity contribution is 5.94. The number of ether oxygens (including phenoxy) is 2. The van der Waals surface area contributed by atoms with Crippen LogP contribution in [0.25, 0.3) is 0 Å². The first-order chi connectivity index (χ1) is 13.1. The maximum atomic E-state index is 14.0. The predicted molar refractivity (Wildman–Crippen MR) is 99.4 cm³/mol. The van der Waals surface area contributed by atoms with Gasteiger partial charge in [0.2, 0.25) is 5.91 Å². The molecule has 0 N–H and O–H groups in total. The minimum Gasteiger partial charge on any atom is -0.490 e. The molecular formula is C21H23F2NO3. The van der Waals surface area contributed by atoms with E-state index in [1.807, 2.05) is 31.2 Å². The number of hydrogen-bond acceptors (Lipinski definition) is 3. The number of benzene rings is 2. The van der Waals surface area contributed by atoms with Crippen molar-refractivity contribution in [2.24, 2.45) is 0 Å². The topological polar surface area (TPSA) is 38.8 Å². The standard InChI is InChI=1S/C21H23F2NO3/c1-2-26-19-8-3-4-9-20(19)27-12-6-10-21(25)24-11-5-7-16-17(23)13-15(22)14-18(16)24/h3-4,8-9,13-14H,2,5-7,10-12H2,1H3. The number of rotatable bonds is 7. The van der Waals surface area contributed by atoms with Gasteiger partial charge < -0.3 is 14.4 Å². The van der Waals surface area contributed by atoms with Crippen LogP contribution in [-0.4, -0.2) is 25.7 Å². The van der Waals surface area contributed by atoms with E-state index < -0.39 is 11.6 Å². The molecule has 0 unspecified atom stereocenters. The summed E-state index contributed by atoms with van der Waals surface area (Å²) in [6.07, 6.45) is 1.93. The van der Waals surface area contributed by atoms with Crippen LogP contribution in [0.4, 0.5) is 14.5 Å². The van der Waals surface area contributed by atoms with Crippen LogP contribution in [0.3, 0.4) is 0 Å². The van der Waals surface area contributed by atoms with Gasteiger partial charge in [-0.15, -0.1) is 0 Å². The number of hydrogen-bond donors (Lipinski definition) is 0. The number of halogens is 2. The maximum absolute atomic E-state index is 14.0. The number of anilines is 1. The van der Waals surface area contributed by atoms with Gasteiger partial charge in [-0.3, -0.25) is 4.79 Å². The highest BCUT2D eigenvalue weighted by Crippen LogP contribution is 2.31. The molecule has 2 aromatic carbocycles. The van der Waals surface area contributed by atoms with Gasteiger partial charge in [0.25, 0.3) is 0 Å². The number of fused-ring (bicyclic) bond motifs is 1. The summed E-state index contributed by atoms with van der Waals surface area (Å²) in [7, 11) is 0. The Morgan fingerprint density at radius 3 is 2.63 bits per heavy atom. The number of carbonyl (C=O) groups is 1. The lowest BCUT2D eigenvalue weighted by Gasteiger charge is -2.30. The lowest BCUT2D eigenvalue weighted by molar-refractivity contribution is -0.118. The molecule has 27 heavy (non-hydrogen) atoms. The van der Waals surface area contributed by atoms with Gasteiger partial charge in [0.05, 0.1) is 18.9 Å². The third-order valence-corrected chi connectivity index (χ3v) is 4.48. The second-order valence-electron chi connectivity index (χ2n) is 6.37. The Morgan fingerprint density at radius 2 is 1.89 bits per heavy atom. The quantitative estimate of drug-likeness (QED) is 0.669. The van der Waals surface area contributed by atoms with E-state index >= 15 is 0 Å². The molecule has 0 atom stereocenters. The summed E-state index contributed by atoms with van der Waals surface area (Å²) in [4.78, 5) is 14.1. The highest BCUT2D eigenvalue weighted by atomic mass is 19.1. The van der Waals surface area contributed by atoms with Crippen molar-refractivity contribution in [2.75, 3.05) is 24.7 Å². The Kier molecular flexibility index (Phi) is 6.27. The first kappa shape index (κ1) is 19.1. The fourth-order valence-corrected chi connectivity index (χ4v) is 3.26. The van der Waals surface area contributed by atoms with Crippen LogP contribution in [-0.2, 0) is 11.2 Å². The largest absolute Gasteiger partial charge is 0.490 e. The Morgan fingerprint density at radius 1 is 1.15 bits per heavy atom. The SMILES string of the molecule is CCOc1ccccc1OCCCC(=O)N1CCCc2c(F)cc(F)cc21. The van der Waals surface area contributed by atoms with Crippen LogP contribution in [0.2, 0.25) is 0 Å². The van der Waals surface area contributed by atoms with E-state index in [1.54, 1.807) is 0 Å². The molecule has 0 spiro atoms. The highest BCUT2D eigenvalue weighted by Gasteiger charge is 2.25. The first-order valence-electron chi connectivity index (χ1n) is 9.23. The second kappa shape index (κ2) is 8.84. The monoisotopic (exact) mass is 375 g/mol. The summed E-state index contributed by atoms with van der Waals surface area (Å²) in [5, 5.41) is 0. The predicted octanol–water partition coefficient (Wildman–Crippen LogP) is 4.50. The van der Waals surface area contributed by atoms with Crippen molar-refractivity contribution in [1.29, 1.82) is 0 Å². The third kappa shape index (κ3) is 4.56. The van der Waals surface area contributed by atoms with Gasteiger partial charge in [-0.2, -0.15) is 0 Å². The van der Waals surface area contributed by atoms with E-state index in [-0.39, 0.29) is 12.3 Å². The van der Waals surface area contributed by atoms with Crippen molar-refractivity contribution in [3.05, 3.63) is 53.6 Å². The Balaban J connectivity index is 1.57. The summed E-state index contributed by atoms with van der Waals surface area (Å²) in [5.74, 6) is -0.0932. The van der Waals surface area contributed by atoms with Gasteiger partial charge in [0, 0.05) is 24.6 Å². The summed E-state index contributed by atoms with van der Waals surface area (Å²) in [5.41, 5.74) is 0.768. The van der Waals surface area contributed by atoms with Crippen LogP contribution in [0.15, 0.2) is 36.4 Å². The second-order valence-corrected chi connectivity index (χ2v) is 6.37. The molecule has 0 aliphatic carbocycles. The van der Waals surface area contributed by atoms with Gasteiger partial charge in [0.1, 0.15) is 11.6 Å². The van der Waals surface area contributed by atoms with Crippen molar-refractivity contribution in [3.8, 4) is 11.5 Å². The van der Waals surface area contributed by atoms with E-state index in [2.05, 4.69) is 0 Å². The lowest BCUT2D eigenvalue weighted by atomic mass is 10.0. The molecule has 0 bridgehead atoms. The van der Waals surface area contributed by atoms with E-state index in [9.17, 15) is 13.6 Å². The third-order valence-electron chi connectivity index (χ3n) is 4.48. The van der Waals surface area contributed by atoms with E-state index in [0.717, 1.165) is 6.07 Å². The molecule has 0 fully saturated rings. The molecule has 0 aromatic heterocycles. The average Bonchev–Trinajstić information content (AvgIpc) is 2.66. The van der Waals surface area contributed by atoms with Crippen LogP contribution in [0.5, 0.6) is 11.5 Å². The maximum Gasteiger partial charge on any atom is 0.227 e. The molecule has 6 heteroatoms. The zero-order chi connectivity index (χ0) is 19.2. The van der Waals surface area contributed by atoms with E-state index in [4.69, 9.17) is 9.47 Å². The number of amides is 1. The molecule has 3 rings (SSSR count). The van der Waals surface area contributed by atoms with E-state index in [0.29, 0.717) is 61.8 Å². The van der Waals surface area contributed by atoms with Gasteiger partial charge in [-0.05, 0) is 44.4 Å². The molecule has 0 radical (unpaired) electrons. The summed E-state index contributed by atoms with van der Waals surface area (Å²) in [6, 6.07) is 9.49. The average molecular weight is 375 g/mol. The van der Waals surface area contributed by atoms with Gasteiger partial charge in [0.15, 0.2) is 11.5 Å². The van der Waals surface area contributed by atoms with Gasteiger partial charge >= 0.3 is 0 Å². The number of carbonyl (C=O) groups excluding carboxylic acids is 1. The van der Waals surface area contributed by atoms with Crippen molar-refractivity contribution < 1.29 is 23.0 Å². The molecule has 2 aromatic rings.